The second-order valence-electron chi connectivity index (χ2n) is 11.9. The average Bonchev–Trinajstić information content (AvgIpc) is 3.26. The smallest absolute Gasteiger partial charge is 0.378 e. The van der Waals surface area contributed by atoms with Crippen molar-refractivity contribution < 1.29 is 36.3 Å². The highest BCUT2D eigenvalue weighted by molar-refractivity contribution is 6.29. The first-order valence-electron chi connectivity index (χ1n) is 14.2. The Kier molecular flexibility index (Phi) is 7.11. The SMILES string of the molecule is CCC(NC(=O)[C@]1(C)[C@@H](c2ccc(N3C[C@@](C)(C(F)(F)F)c4c3cnc3cc(Cl)nn43)cc2)C1(F)F)C(=O)N1CCOCC1. The molecule has 3 aliphatic rings. The van der Waals surface area contributed by atoms with Gasteiger partial charge in [0.2, 0.25) is 11.8 Å². The minimum atomic E-state index is -4.66. The number of nitrogens with zero attached hydrogens (tertiary/aromatic N) is 5. The van der Waals surface area contributed by atoms with Crippen molar-refractivity contribution in [3.8, 4) is 0 Å². The largest absolute Gasteiger partial charge is 0.401 e. The Balaban J connectivity index is 1.26. The van der Waals surface area contributed by atoms with E-state index in [4.69, 9.17) is 16.3 Å². The lowest BCUT2D eigenvalue weighted by Crippen LogP contribution is -2.53. The molecule has 1 unspecified atom stereocenters. The summed E-state index contributed by atoms with van der Waals surface area (Å²) in [5, 5.41) is 6.55. The van der Waals surface area contributed by atoms with Crippen LogP contribution >= 0.6 is 11.6 Å². The van der Waals surface area contributed by atoms with Crippen molar-refractivity contribution in [2.75, 3.05) is 37.7 Å². The number of amides is 2. The Hall–Kier alpha value is -3.52. The average molecular weight is 641 g/mol. The number of carbonyl (C=O) groups is 2. The zero-order valence-electron chi connectivity index (χ0n) is 24.1. The molecule has 0 spiro atoms. The lowest BCUT2D eigenvalue weighted by molar-refractivity contribution is -0.181. The van der Waals surface area contributed by atoms with Crippen LogP contribution < -0.4 is 10.2 Å². The molecule has 2 fully saturated rings. The first kappa shape index (κ1) is 30.5. The van der Waals surface area contributed by atoms with Crippen LogP contribution in [0.2, 0.25) is 5.15 Å². The van der Waals surface area contributed by atoms with Crippen LogP contribution in [0.5, 0.6) is 0 Å². The molecule has 1 saturated heterocycles. The lowest BCUT2D eigenvalue weighted by atomic mass is 9.87. The maximum absolute atomic E-state index is 15.3. The van der Waals surface area contributed by atoms with Crippen LogP contribution in [0.3, 0.4) is 0 Å². The number of alkyl halides is 5. The highest BCUT2D eigenvalue weighted by Crippen LogP contribution is 2.71. The van der Waals surface area contributed by atoms with Crippen LogP contribution in [-0.4, -0.2) is 82.3 Å². The number of morpholine rings is 1. The fourth-order valence-corrected chi connectivity index (χ4v) is 6.57. The summed E-state index contributed by atoms with van der Waals surface area (Å²) in [5.74, 6) is -6.19. The van der Waals surface area contributed by atoms with Crippen molar-refractivity contribution in [1.82, 2.24) is 24.8 Å². The minimum Gasteiger partial charge on any atom is -0.378 e. The Morgan fingerprint density at radius 2 is 1.82 bits per heavy atom. The predicted octanol–water partition coefficient (Wildman–Crippen LogP) is 4.85. The van der Waals surface area contributed by atoms with Gasteiger partial charge >= 0.3 is 6.18 Å². The zero-order valence-corrected chi connectivity index (χ0v) is 24.8. The second-order valence-corrected chi connectivity index (χ2v) is 12.3. The molecule has 15 heteroatoms. The Bertz CT molecular complexity index is 1630. The summed E-state index contributed by atoms with van der Waals surface area (Å²) in [7, 11) is 0. The zero-order chi connectivity index (χ0) is 31.8. The van der Waals surface area contributed by atoms with E-state index in [0.29, 0.717) is 32.0 Å². The van der Waals surface area contributed by atoms with Gasteiger partial charge in [-0.05, 0) is 38.0 Å². The van der Waals surface area contributed by atoms with E-state index in [-0.39, 0.29) is 40.1 Å². The van der Waals surface area contributed by atoms with Gasteiger partial charge < -0.3 is 19.9 Å². The molecule has 4 atom stereocenters. The van der Waals surface area contributed by atoms with Crippen molar-refractivity contribution in [1.29, 1.82) is 0 Å². The number of aromatic nitrogens is 3. The molecular weight excluding hydrogens is 611 g/mol. The maximum Gasteiger partial charge on any atom is 0.401 e. The third-order valence-electron chi connectivity index (χ3n) is 9.24. The molecule has 2 aromatic heterocycles. The first-order chi connectivity index (χ1) is 20.6. The monoisotopic (exact) mass is 640 g/mol. The predicted molar refractivity (Wildman–Crippen MR) is 150 cm³/mol. The maximum atomic E-state index is 15.3. The third kappa shape index (κ3) is 4.43. The van der Waals surface area contributed by atoms with E-state index in [2.05, 4.69) is 15.4 Å². The Morgan fingerprint density at radius 1 is 1.16 bits per heavy atom. The molecule has 0 bridgehead atoms. The second kappa shape index (κ2) is 10.3. The van der Waals surface area contributed by atoms with Gasteiger partial charge in [-0.1, -0.05) is 30.7 Å². The van der Waals surface area contributed by atoms with Crippen molar-refractivity contribution in [3.05, 3.63) is 52.9 Å². The number of fused-ring (bicyclic) bond motifs is 3. The van der Waals surface area contributed by atoms with Crippen LogP contribution in [0.1, 0.15) is 44.4 Å². The van der Waals surface area contributed by atoms with Gasteiger partial charge in [-0.25, -0.2) is 18.3 Å². The van der Waals surface area contributed by atoms with Gasteiger partial charge in [-0.2, -0.15) is 18.3 Å². The van der Waals surface area contributed by atoms with Gasteiger partial charge in [0.1, 0.15) is 16.9 Å². The topological polar surface area (TPSA) is 92.1 Å². The number of rotatable bonds is 6. The lowest BCUT2D eigenvalue weighted by Gasteiger charge is -2.30. The van der Waals surface area contributed by atoms with E-state index < -0.39 is 47.3 Å². The van der Waals surface area contributed by atoms with E-state index >= 15 is 8.78 Å². The summed E-state index contributed by atoms with van der Waals surface area (Å²) in [4.78, 5) is 33.3. The van der Waals surface area contributed by atoms with E-state index in [9.17, 15) is 22.8 Å². The molecule has 3 aromatic rings. The molecule has 9 nitrogen and oxygen atoms in total. The van der Waals surface area contributed by atoms with E-state index in [0.717, 1.165) is 18.4 Å². The Labute approximate surface area is 254 Å². The normalized spacial score (nSPS) is 26.9. The van der Waals surface area contributed by atoms with Gasteiger partial charge in [-0.3, -0.25) is 9.59 Å². The molecule has 2 amide bonds. The number of anilines is 2. The first-order valence-corrected chi connectivity index (χ1v) is 14.6. The minimum absolute atomic E-state index is 0.00797. The van der Waals surface area contributed by atoms with Gasteiger partial charge in [0, 0.05) is 31.4 Å². The molecule has 1 N–H and O–H groups in total. The fraction of sp³-hybridized carbons (Fsp3) is 0.517. The highest BCUT2D eigenvalue weighted by atomic mass is 35.5. The fourth-order valence-electron chi connectivity index (χ4n) is 6.39. The molecule has 2 aliphatic heterocycles. The van der Waals surface area contributed by atoms with Crippen molar-refractivity contribution in [3.63, 3.8) is 0 Å². The molecule has 44 heavy (non-hydrogen) atoms. The molecule has 0 radical (unpaired) electrons. The number of halogens is 6. The summed E-state index contributed by atoms with van der Waals surface area (Å²) in [6.07, 6.45) is -3.12. The number of benzene rings is 1. The van der Waals surface area contributed by atoms with E-state index in [1.807, 2.05) is 0 Å². The van der Waals surface area contributed by atoms with E-state index in [1.165, 1.54) is 41.4 Å². The number of hydrogen-bond donors (Lipinski definition) is 1. The van der Waals surface area contributed by atoms with Gasteiger partial charge in [0.25, 0.3) is 5.92 Å². The van der Waals surface area contributed by atoms with Crippen molar-refractivity contribution in [2.24, 2.45) is 5.41 Å². The Morgan fingerprint density at radius 3 is 2.43 bits per heavy atom. The van der Waals surface area contributed by atoms with Crippen LogP contribution in [0.25, 0.3) is 5.65 Å². The summed E-state index contributed by atoms with van der Waals surface area (Å²) < 4.78 is 80.4. The molecule has 1 aliphatic carbocycles. The quantitative estimate of drug-likeness (QED) is 0.388. The number of ether oxygens (including phenoxy) is 1. The molecule has 1 saturated carbocycles. The summed E-state index contributed by atoms with van der Waals surface area (Å²) >= 11 is 5.97. The van der Waals surface area contributed by atoms with Crippen molar-refractivity contribution in [2.45, 2.75) is 56.7 Å². The van der Waals surface area contributed by atoms with Gasteiger partial charge in [0.05, 0.1) is 36.7 Å². The number of carbonyl (C=O) groups excluding carboxylic acids is 2. The van der Waals surface area contributed by atoms with E-state index in [1.54, 1.807) is 11.8 Å². The third-order valence-corrected chi connectivity index (χ3v) is 9.43. The molecular formula is C29H30ClF5N6O3. The van der Waals surface area contributed by atoms with Crippen LogP contribution in [-0.2, 0) is 19.7 Å². The standard InChI is InChI=1S/C29H30ClF5N6O3/c1-4-18(24(42)39-9-11-44-12-10-39)37-25(43)27(3)22(28(27,31)32)16-5-7-17(8-6-16)40-15-26(2,29(33,34)35)23-19(40)14-36-21-13-20(30)38-41(21)23/h5-8,13-14,18,22H,4,9-12,15H2,1-3H3,(H,37,43)/t18?,22-,26-,27+/m1/s1. The van der Waals surface area contributed by atoms with Crippen molar-refractivity contribution >= 4 is 40.4 Å². The highest BCUT2D eigenvalue weighted by Gasteiger charge is 2.82. The molecule has 1 aromatic carbocycles. The van der Waals surface area contributed by atoms with Crippen LogP contribution in [0.4, 0.5) is 33.3 Å². The molecule has 6 rings (SSSR count). The summed E-state index contributed by atoms with van der Waals surface area (Å²) in [6, 6.07) is 6.08. The number of nitrogens with one attached hydrogen (secondary N) is 1. The van der Waals surface area contributed by atoms with Gasteiger partial charge in [0.15, 0.2) is 10.8 Å². The molecule has 236 valence electrons. The van der Waals surface area contributed by atoms with Crippen LogP contribution in [0.15, 0.2) is 36.5 Å². The summed E-state index contributed by atoms with van der Waals surface area (Å²) in [5.41, 5.74) is -3.81. The van der Waals surface area contributed by atoms with Crippen LogP contribution in [0, 0.1) is 5.41 Å². The number of hydrogen-bond acceptors (Lipinski definition) is 6. The van der Waals surface area contributed by atoms with Gasteiger partial charge in [-0.15, -0.1) is 0 Å². The molecule has 4 heterocycles. The summed E-state index contributed by atoms with van der Waals surface area (Å²) in [6.45, 7) is 4.85.